The lowest BCUT2D eigenvalue weighted by atomic mass is 10.2. The predicted molar refractivity (Wildman–Crippen MR) is 87.7 cm³/mol. The number of thiazole rings is 1. The summed E-state index contributed by atoms with van der Waals surface area (Å²) in [6.45, 7) is 1.79. The van der Waals surface area contributed by atoms with E-state index < -0.39 is 0 Å². The molecule has 0 aliphatic rings. The fourth-order valence-electron chi connectivity index (χ4n) is 1.88. The number of nitrogens with zero attached hydrogens (tertiary/aromatic N) is 3. The molecule has 0 amide bonds. The maximum atomic E-state index is 6.22. The molecule has 0 unspecified atom stereocenters. The van der Waals surface area contributed by atoms with Gasteiger partial charge in [0.1, 0.15) is 16.6 Å². The van der Waals surface area contributed by atoms with Gasteiger partial charge in [0.2, 0.25) is 0 Å². The first-order chi connectivity index (χ1) is 10.1. The van der Waals surface area contributed by atoms with Crippen molar-refractivity contribution in [1.82, 2.24) is 15.0 Å². The number of benzene rings is 1. The molecular formula is C14H10Cl2N4S. The van der Waals surface area contributed by atoms with E-state index in [-0.39, 0.29) is 0 Å². The molecule has 0 bridgehead atoms. The van der Waals surface area contributed by atoms with E-state index in [0.29, 0.717) is 21.7 Å². The minimum Gasteiger partial charge on any atom is -0.383 e. The molecule has 3 rings (SSSR count). The smallest absolute Gasteiger partial charge is 0.137 e. The zero-order valence-corrected chi connectivity index (χ0v) is 13.3. The predicted octanol–water partition coefficient (Wildman–Crippen LogP) is 4.46. The minimum atomic E-state index is 0.417. The van der Waals surface area contributed by atoms with Crippen LogP contribution >= 0.6 is 34.5 Å². The molecule has 0 atom stereocenters. The van der Waals surface area contributed by atoms with Gasteiger partial charge in [0, 0.05) is 17.1 Å². The van der Waals surface area contributed by atoms with Gasteiger partial charge in [-0.25, -0.2) is 15.0 Å². The van der Waals surface area contributed by atoms with Crippen molar-refractivity contribution in [2.45, 2.75) is 6.92 Å². The highest BCUT2D eigenvalue weighted by Gasteiger charge is 2.13. The summed E-state index contributed by atoms with van der Waals surface area (Å²) >= 11 is 13.7. The summed E-state index contributed by atoms with van der Waals surface area (Å²) in [5.74, 6) is 1.05. The Kier molecular flexibility index (Phi) is 3.80. The fourth-order valence-corrected chi connectivity index (χ4v) is 3.11. The van der Waals surface area contributed by atoms with E-state index in [9.17, 15) is 0 Å². The van der Waals surface area contributed by atoms with Gasteiger partial charge in [-0.05, 0) is 13.0 Å². The fraction of sp³-hybridized carbons (Fsp3) is 0.0714. The topological polar surface area (TPSA) is 64.7 Å². The Morgan fingerprint density at radius 3 is 2.71 bits per heavy atom. The number of hydrogen-bond acceptors (Lipinski definition) is 5. The van der Waals surface area contributed by atoms with Crippen molar-refractivity contribution in [1.29, 1.82) is 0 Å². The molecular weight excluding hydrogens is 327 g/mol. The van der Waals surface area contributed by atoms with E-state index in [1.54, 1.807) is 19.2 Å². The van der Waals surface area contributed by atoms with Crippen LogP contribution in [-0.4, -0.2) is 15.0 Å². The normalized spacial score (nSPS) is 10.8. The Morgan fingerprint density at radius 1 is 1.14 bits per heavy atom. The van der Waals surface area contributed by atoms with E-state index in [1.807, 2.05) is 17.5 Å². The first kappa shape index (κ1) is 14.3. The Bertz CT molecular complexity index is 816. The molecule has 21 heavy (non-hydrogen) atoms. The van der Waals surface area contributed by atoms with Crippen molar-refractivity contribution in [2.24, 2.45) is 0 Å². The first-order valence-electron chi connectivity index (χ1n) is 6.05. The van der Waals surface area contributed by atoms with Gasteiger partial charge in [0.25, 0.3) is 0 Å². The monoisotopic (exact) mass is 336 g/mol. The number of rotatable bonds is 2. The van der Waals surface area contributed by atoms with Crippen LogP contribution in [0.2, 0.25) is 10.0 Å². The minimum absolute atomic E-state index is 0.417. The van der Waals surface area contributed by atoms with Crippen LogP contribution < -0.4 is 5.73 Å². The van der Waals surface area contributed by atoms with Crippen LogP contribution in [0.15, 0.2) is 29.8 Å². The highest BCUT2D eigenvalue weighted by molar-refractivity contribution is 7.13. The number of hydrogen-bond donors (Lipinski definition) is 1. The number of nitrogen functional groups attached to an aromatic ring is 1. The molecule has 0 saturated heterocycles. The molecule has 7 heteroatoms. The Balaban J connectivity index is 2.06. The second-order valence-corrected chi connectivity index (χ2v) is 6.00. The molecule has 0 aliphatic carbocycles. The molecule has 0 fully saturated rings. The number of anilines is 1. The molecule has 4 nitrogen and oxygen atoms in total. The number of nitrogens with two attached hydrogens (primary N) is 1. The van der Waals surface area contributed by atoms with Crippen molar-refractivity contribution in [2.75, 3.05) is 5.73 Å². The van der Waals surface area contributed by atoms with Crippen LogP contribution in [0.25, 0.3) is 21.8 Å². The lowest BCUT2D eigenvalue weighted by Gasteiger charge is -2.03. The Labute approximate surface area is 135 Å². The van der Waals surface area contributed by atoms with Gasteiger partial charge in [-0.3, -0.25) is 0 Å². The van der Waals surface area contributed by atoms with Crippen molar-refractivity contribution >= 4 is 40.4 Å². The first-order valence-corrected chi connectivity index (χ1v) is 7.69. The SMILES string of the molecule is Cc1ncc(-c2nc(-c3cccc(Cl)c3Cl)cs2)c(N)n1. The molecule has 0 spiro atoms. The van der Waals surface area contributed by atoms with Crippen molar-refractivity contribution in [3.63, 3.8) is 0 Å². The van der Waals surface area contributed by atoms with Gasteiger partial charge < -0.3 is 5.73 Å². The summed E-state index contributed by atoms with van der Waals surface area (Å²) in [5, 5.41) is 3.65. The summed E-state index contributed by atoms with van der Waals surface area (Å²) in [7, 11) is 0. The van der Waals surface area contributed by atoms with Gasteiger partial charge in [-0.2, -0.15) is 0 Å². The van der Waals surface area contributed by atoms with Crippen LogP contribution in [0.5, 0.6) is 0 Å². The molecule has 106 valence electrons. The van der Waals surface area contributed by atoms with Gasteiger partial charge >= 0.3 is 0 Å². The van der Waals surface area contributed by atoms with Crippen LogP contribution in [0.1, 0.15) is 5.82 Å². The number of aromatic nitrogens is 3. The molecule has 3 aromatic rings. The largest absolute Gasteiger partial charge is 0.383 e. The van der Waals surface area contributed by atoms with Crippen LogP contribution in [0.4, 0.5) is 5.82 Å². The third kappa shape index (κ3) is 2.72. The lowest BCUT2D eigenvalue weighted by Crippen LogP contribution is -1.98. The van der Waals surface area contributed by atoms with E-state index in [4.69, 9.17) is 28.9 Å². The average Bonchev–Trinajstić information content (AvgIpc) is 2.91. The molecule has 2 aromatic heterocycles. The summed E-state index contributed by atoms with van der Waals surface area (Å²) in [6, 6.07) is 5.46. The van der Waals surface area contributed by atoms with Crippen molar-refractivity contribution in [3.05, 3.63) is 45.6 Å². The third-order valence-corrected chi connectivity index (χ3v) is 4.60. The maximum Gasteiger partial charge on any atom is 0.137 e. The quantitative estimate of drug-likeness (QED) is 0.750. The van der Waals surface area contributed by atoms with Crippen LogP contribution in [-0.2, 0) is 0 Å². The van der Waals surface area contributed by atoms with E-state index in [0.717, 1.165) is 21.8 Å². The van der Waals surface area contributed by atoms with Crippen molar-refractivity contribution < 1.29 is 0 Å². The van der Waals surface area contributed by atoms with Gasteiger partial charge in [0.15, 0.2) is 0 Å². The highest BCUT2D eigenvalue weighted by atomic mass is 35.5. The molecule has 2 N–H and O–H groups in total. The van der Waals surface area contributed by atoms with E-state index in [1.165, 1.54) is 11.3 Å². The lowest BCUT2D eigenvalue weighted by molar-refractivity contribution is 1.06. The molecule has 0 aliphatic heterocycles. The summed E-state index contributed by atoms with van der Waals surface area (Å²) in [6.07, 6.45) is 1.68. The second-order valence-electron chi connectivity index (χ2n) is 4.36. The molecule has 2 heterocycles. The zero-order chi connectivity index (χ0) is 15.0. The Hall–Kier alpha value is -1.69. The molecule has 0 saturated carbocycles. The summed E-state index contributed by atoms with van der Waals surface area (Å²) in [5.41, 5.74) is 8.18. The summed E-state index contributed by atoms with van der Waals surface area (Å²) < 4.78 is 0. The van der Waals surface area contributed by atoms with E-state index >= 15 is 0 Å². The van der Waals surface area contributed by atoms with Gasteiger partial charge in [0.05, 0.1) is 21.3 Å². The van der Waals surface area contributed by atoms with Crippen molar-refractivity contribution in [3.8, 4) is 21.8 Å². The average molecular weight is 337 g/mol. The third-order valence-electron chi connectivity index (χ3n) is 2.90. The van der Waals surface area contributed by atoms with Gasteiger partial charge in [-0.1, -0.05) is 35.3 Å². The number of halogens is 2. The number of aryl methyl sites for hydroxylation is 1. The zero-order valence-electron chi connectivity index (χ0n) is 11.0. The maximum absolute atomic E-state index is 6.22. The highest BCUT2D eigenvalue weighted by Crippen LogP contribution is 2.36. The van der Waals surface area contributed by atoms with Crippen LogP contribution in [0.3, 0.4) is 0 Å². The molecule has 1 aromatic carbocycles. The second kappa shape index (κ2) is 5.60. The van der Waals surface area contributed by atoms with Crippen LogP contribution in [0, 0.1) is 6.92 Å². The standard InChI is InChI=1S/C14H10Cl2N4S/c1-7-18-5-9(13(17)19-7)14-20-11(6-21-14)8-3-2-4-10(15)12(8)16/h2-6H,1H3,(H2,17,18,19). The van der Waals surface area contributed by atoms with Gasteiger partial charge in [-0.15, -0.1) is 11.3 Å². The Morgan fingerprint density at radius 2 is 1.95 bits per heavy atom. The van der Waals surface area contributed by atoms with E-state index in [2.05, 4.69) is 15.0 Å². The molecule has 0 radical (unpaired) electrons. The summed E-state index contributed by atoms with van der Waals surface area (Å²) in [4.78, 5) is 12.9.